The van der Waals surface area contributed by atoms with Gasteiger partial charge < -0.3 is 25.2 Å². The summed E-state index contributed by atoms with van der Waals surface area (Å²) in [5.41, 5.74) is 0. The fraction of sp³-hybridized carbons (Fsp3) is 0.586. The average molecular weight is 621 g/mol. The van der Waals surface area contributed by atoms with Gasteiger partial charge in [-0.05, 0) is 32.1 Å². The van der Waals surface area contributed by atoms with Crippen molar-refractivity contribution in [2.75, 3.05) is 26.5 Å². The van der Waals surface area contributed by atoms with Crippen molar-refractivity contribution in [1.29, 1.82) is 0 Å². The molecule has 3 atom stereocenters. The molecule has 0 bridgehead atoms. The van der Waals surface area contributed by atoms with Gasteiger partial charge in [-0.1, -0.05) is 68.4 Å². The number of aliphatic hydroxyl groups is 1. The molecule has 0 radical (unpaired) electrons. The highest BCUT2D eigenvalue weighted by Gasteiger charge is 2.41. The maximum absolute atomic E-state index is 12.9. The summed E-state index contributed by atoms with van der Waals surface area (Å²) < 4.78 is 47.6. The molecule has 0 fully saturated rings. The van der Waals surface area contributed by atoms with Crippen LogP contribution >= 0.6 is 11.8 Å². The normalized spacial score (nSPS) is 14.4. The first-order valence-corrected chi connectivity index (χ1v) is 14.7. The number of unbranched alkanes of at least 4 members (excludes halogenated alkanes) is 3. The minimum atomic E-state index is -5.23. The molecule has 9 nitrogen and oxygen atoms in total. The number of amides is 2. The number of halogens is 3. The van der Waals surface area contributed by atoms with Gasteiger partial charge in [0.15, 0.2) is 0 Å². The average Bonchev–Trinajstić information content (AvgIpc) is 2.95. The van der Waals surface area contributed by atoms with Crippen molar-refractivity contribution < 1.29 is 46.9 Å². The van der Waals surface area contributed by atoms with E-state index in [4.69, 9.17) is 0 Å². The molecule has 1 unspecified atom stereocenters. The Morgan fingerprint density at radius 3 is 2.26 bits per heavy atom. The van der Waals surface area contributed by atoms with Crippen LogP contribution < -0.4 is 10.6 Å². The Hall–Kier alpha value is -3.06. The molecule has 3 N–H and O–H groups in total. The van der Waals surface area contributed by atoms with E-state index in [9.17, 15) is 37.5 Å². The van der Waals surface area contributed by atoms with Gasteiger partial charge >= 0.3 is 24.0 Å². The third-order valence-corrected chi connectivity index (χ3v) is 7.02. The first-order valence-electron chi connectivity index (χ1n) is 13.7. The van der Waals surface area contributed by atoms with Crippen molar-refractivity contribution in [3.63, 3.8) is 0 Å². The number of allylic oxidation sites excluding steroid dienone is 7. The third-order valence-electron chi connectivity index (χ3n) is 5.64. The molecular formula is C29H43F3N2O7S. The van der Waals surface area contributed by atoms with E-state index in [1.165, 1.54) is 26.4 Å². The Kier molecular flexibility index (Phi) is 21.8. The standard InChI is InChI=1S/C29H43F3N2O7S/c1-4-5-6-7-8-9-10-11-12-13-14-15-18-24(23(35)17-16-19-25(36)40-2)42-21-22(34-28(39)29(30,31)32)27(38)33-20-26(37)41-3/h8-9,11-15,18,22-24,35H,4-7,10,16-17,19-21H2,1-3H3,(H,33,38)(H,34,39)/b9-8-,12-11-,14-13+,18-15+/t22?,23-,24-/m1/s1. The molecule has 42 heavy (non-hydrogen) atoms. The monoisotopic (exact) mass is 620 g/mol. The molecule has 0 aliphatic carbocycles. The topological polar surface area (TPSA) is 131 Å². The highest BCUT2D eigenvalue weighted by molar-refractivity contribution is 8.00. The predicted molar refractivity (Wildman–Crippen MR) is 156 cm³/mol. The molecule has 0 rings (SSSR count). The lowest BCUT2D eigenvalue weighted by molar-refractivity contribution is -0.174. The van der Waals surface area contributed by atoms with Crippen LogP contribution in [0.1, 0.15) is 58.3 Å². The Balaban J connectivity index is 5.42. The van der Waals surface area contributed by atoms with Crippen molar-refractivity contribution in [3.05, 3.63) is 48.6 Å². The summed E-state index contributed by atoms with van der Waals surface area (Å²) in [5.74, 6) is -4.99. The number of alkyl halides is 3. The number of hydrogen-bond donors (Lipinski definition) is 3. The molecule has 0 spiro atoms. The fourth-order valence-electron chi connectivity index (χ4n) is 3.27. The lowest BCUT2D eigenvalue weighted by Crippen LogP contribution is -2.52. The number of hydrogen-bond acceptors (Lipinski definition) is 8. The van der Waals surface area contributed by atoms with E-state index in [0.29, 0.717) is 0 Å². The molecule has 238 valence electrons. The summed E-state index contributed by atoms with van der Waals surface area (Å²) in [5, 5.41) is 13.8. The SMILES string of the molecule is CCCCC/C=C\C\C=C/C=C/C=C/[C@@H](SCC(NC(=O)C(F)(F)F)C(=O)NCC(=O)OC)[C@H](O)CCCC(=O)OC. The zero-order chi connectivity index (χ0) is 31.8. The van der Waals surface area contributed by atoms with Crippen LogP contribution in [0.4, 0.5) is 13.2 Å². The zero-order valence-electron chi connectivity index (χ0n) is 24.4. The second kappa shape index (κ2) is 23.5. The third kappa shape index (κ3) is 19.9. The van der Waals surface area contributed by atoms with Crippen LogP contribution in [0.25, 0.3) is 0 Å². The highest BCUT2D eigenvalue weighted by atomic mass is 32.2. The van der Waals surface area contributed by atoms with E-state index in [1.807, 2.05) is 12.2 Å². The molecular weight excluding hydrogens is 577 g/mol. The molecule has 0 aromatic heterocycles. The number of esters is 2. The molecule has 0 heterocycles. The second-order valence-electron chi connectivity index (χ2n) is 9.05. The Morgan fingerprint density at radius 1 is 0.929 bits per heavy atom. The fourth-order valence-corrected chi connectivity index (χ4v) is 4.48. The van der Waals surface area contributed by atoms with E-state index >= 15 is 0 Å². The summed E-state index contributed by atoms with van der Waals surface area (Å²) in [6, 6.07) is -1.67. The summed E-state index contributed by atoms with van der Waals surface area (Å²) in [4.78, 5) is 46.8. The first-order chi connectivity index (χ1) is 20.0. The van der Waals surface area contributed by atoms with Crippen LogP contribution in [0.5, 0.6) is 0 Å². The van der Waals surface area contributed by atoms with Gasteiger partial charge in [-0.2, -0.15) is 13.2 Å². The van der Waals surface area contributed by atoms with Crippen LogP contribution in [-0.4, -0.2) is 78.9 Å². The lowest BCUT2D eigenvalue weighted by Gasteiger charge is -2.23. The smallest absolute Gasteiger partial charge is 0.469 e. The first kappa shape index (κ1) is 38.9. The molecule has 0 aliphatic rings. The quantitative estimate of drug-likeness (QED) is 0.0749. The maximum Gasteiger partial charge on any atom is 0.471 e. The highest BCUT2D eigenvalue weighted by Crippen LogP contribution is 2.22. The van der Waals surface area contributed by atoms with Crippen LogP contribution in [0, 0.1) is 0 Å². The van der Waals surface area contributed by atoms with Gasteiger partial charge in [-0.3, -0.25) is 19.2 Å². The van der Waals surface area contributed by atoms with Gasteiger partial charge in [0.2, 0.25) is 5.91 Å². The predicted octanol–water partition coefficient (Wildman–Crippen LogP) is 4.32. The molecule has 0 aliphatic heterocycles. The van der Waals surface area contributed by atoms with E-state index in [2.05, 4.69) is 33.9 Å². The summed E-state index contributed by atoms with van der Waals surface area (Å²) in [7, 11) is 2.31. The van der Waals surface area contributed by atoms with E-state index in [-0.39, 0.29) is 25.0 Å². The van der Waals surface area contributed by atoms with Crippen LogP contribution in [0.2, 0.25) is 0 Å². The van der Waals surface area contributed by atoms with Gasteiger partial charge in [0.1, 0.15) is 12.6 Å². The molecule has 2 amide bonds. The van der Waals surface area contributed by atoms with Crippen LogP contribution in [-0.2, 0) is 28.7 Å². The van der Waals surface area contributed by atoms with Crippen molar-refractivity contribution >= 4 is 35.5 Å². The van der Waals surface area contributed by atoms with Gasteiger partial charge in [-0.15, -0.1) is 11.8 Å². The van der Waals surface area contributed by atoms with E-state index < -0.39 is 53.9 Å². The number of carbonyl (C=O) groups excluding carboxylic acids is 4. The van der Waals surface area contributed by atoms with Crippen molar-refractivity contribution in [1.82, 2.24) is 10.6 Å². The lowest BCUT2D eigenvalue weighted by atomic mass is 10.1. The summed E-state index contributed by atoms with van der Waals surface area (Å²) in [6.45, 7) is 1.55. The van der Waals surface area contributed by atoms with Gasteiger partial charge in [0.05, 0.1) is 20.3 Å². The number of rotatable bonds is 21. The Morgan fingerprint density at radius 2 is 1.62 bits per heavy atom. The van der Waals surface area contributed by atoms with Crippen molar-refractivity contribution in [2.45, 2.75) is 81.9 Å². The number of aliphatic hydroxyl groups excluding tert-OH is 1. The summed E-state index contributed by atoms with van der Waals surface area (Å²) >= 11 is 0.933. The number of nitrogens with one attached hydrogen (secondary N) is 2. The minimum absolute atomic E-state index is 0.0621. The molecule has 0 aromatic rings. The second-order valence-corrected chi connectivity index (χ2v) is 10.3. The van der Waals surface area contributed by atoms with Gasteiger partial charge in [-0.25, -0.2) is 0 Å². The molecule has 0 saturated carbocycles. The molecule has 0 saturated heterocycles. The van der Waals surface area contributed by atoms with E-state index in [1.54, 1.807) is 29.6 Å². The Labute approximate surface area is 250 Å². The number of methoxy groups -OCH3 is 2. The van der Waals surface area contributed by atoms with Crippen molar-refractivity contribution in [2.24, 2.45) is 0 Å². The minimum Gasteiger partial charge on any atom is -0.469 e. The summed E-state index contributed by atoms with van der Waals surface area (Å²) in [6.07, 6.45) is 14.4. The number of ether oxygens (including phenoxy) is 2. The molecule has 0 aromatic carbocycles. The van der Waals surface area contributed by atoms with Crippen LogP contribution in [0.3, 0.4) is 0 Å². The number of thioether (sulfide) groups is 1. The number of carbonyl (C=O) groups is 4. The largest absolute Gasteiger partial charge is 0.471 e. The van der Waals surface area contributed by atoms with Crippen molar-refractivity contribution in [3.8, 4) is 0 Å². The molecule has 13 heteroatoms. The van der Waals surface area contributed by atoms with Gasteiger partial charge in [0, 0.05) is 17.4 Å². The zero-order valence-corrected chi connectivity index (χ0v) is 25.2. The van der Waals surface area contributed by atoms with Crippen LogP contribution in [0.15, 0.2) is 48.6 Å². The Bertz CT molecular complexity index is 937. The van der Waals surface area contributed by atoms with Gasteiger partial charge in [0.25, 0.3) is 0 Å². The maximum atomic E-state index is 12.9. The van der Waals surface area contributed by atoms with E-state index in [0.717, 1.165) is 31.7 Å².